The Balaban J connectivity index is 1.57. The minimum Gasteiger partial charge on any atom is -0.370 e. The Morgan fingerprint density at radius 2 is 1.64 bits per heavy atom. The maximum atomic E-state index is 11.3. The van der Waals surface area contributed by atoms with Gasteiger partial charge in [-0.25, -0.2) is 4.90 Å². The van der Waals surface area contributed by atoms with E-state index in [0.717, 1.165) is 51.7 Å². The molecule has 0 bridgehead atoms. The van der Waals surface area contributed by atoms with Gasteiger partial charge >= 0.3 is 0 Å². The van der Waals surface area contributed by atoms with Crippen molar-refractivity contribution in [1.82, 2.24) is 4.90 Å². The summed E-state index contributed by atoms with van der Waals surface area (Å²) in [4.78, 5) is 6.29. The van der Waals surface area contributed by atoms with Crippen LogP contribution in [0.2, 0.25) is 0 Å². The smallest absolute Gasteiger partial charge is 0.274 e. The first kappa shape index (κ1) is 27.4. The lowest BCUT2D eigenvalue weighted by molar-refractivity contribution is -0.539. The average molecular weight is 461 g/mol. The monoisotopic (exact) mass is 460 g/mol. The fourth-order valence-corrected chi connectivity index (χ4v) is 5.04. The zero-order valence-electron chi connectivity index (χ0n) is 21.0. The Bertz CT molecular complexity index is 653. The number of allylic oxidation sites excluding steroid dienone is 1. The van der Waals surface area contributed by atoms with Crippen molar-refractivity contribution < 1.29 is 9.68 Å². The number of guanidine groups is 1. The van der Waals surface area contributed by atoms with Crippen LogP contribution >= 0.6 is 0 Å². The summed E-state index contributed by atoms with van der Waals surface area (Å²) in [5.74, 6) is 1.36. The van der Waals surface area contributed by atoms with E-state index >= 15 is 0 Å². The van der Waals surface area contributed by atoms with Crippen LogP contribution in [0.5, 0.6) is 0 Å². The first-order valence-corrected chi connectivity index (χ1v) is 13.5. The molecule has 1 atom stereocenters. The van der Waals surface area contributed by atoms with Gasteiger partial charge in [0.25, 0.3) is 5.84 Å². The Morgan fingerprint density at radius 3 is 2.27 bits per heavy atom. The highest BCUT2D eigenvalue weighted by Crippen LogP contribution is 2.30. The summed E-state index contributed by atoms with van der Waals surface area (Å²) in [7, 11) is 0. The number of rotatable bonds is 19. The number of fused-ring (bicyclic) bond motifs is 1. The minimum atomic E-state index is -0.794. The van der Waals surface area contributed by atoms with Gasteiger partial charge in [-0.1, -0.05) is 63.9 Å². The number of aliphatic hydroxyl groups is 1. The quantitative estimate of drug-likeness (QED) is 0.0858. The van der Waals surface area contributed by atoms with Crippen molar-refractivity contribution in [2.45, 2.75) is 108 Å². The molecule has 2 heterocycles. The molecule has 6 heteroatoms. The van der Waals surface area contributed by atoms with Gasteiger partial charge in [0.15, 0.2) is 5.96 Å². The van der Waals surface area contributed by atoms with Crippen LogP contribution in [-0.4, -0.2) is 58.3 Å². The van der Waals surface area contributed by atoms with Gasteiger partial charge in [0.2, 0.25) is 5.72 Å². The van der Waals surface area contributed by atoms with E-state index < -0.39 is 5.72 Å². The normalized spacial score (nSPS) is 19.7. The highest BCUT2D eigenvalue weighted by atomic mass is 16.3. The predicted octanol–water partition coefficient (Wildman–Crippen LogP) is 4.67. The zero-order chi connectivity index (χ0) is 23.8. The maximum Gasteiger partial charge on any atom is 0.274 e. The highest BCUT2D eigenvalue weighted by molar-refractivity contribution is 5.92. The van der Waals surface area contributed by atoms with E-state index in [1.807, 2.05) is 12.2 Å². The Kier molecular flexibility index (Phi) is 13.2. The second kappa shape index (κ2) is 15.9. The van der Waals surface area contributed by atoms with Crippen molar-refractivity contribution >= 4 is 11.8 Å². The van der Waals surface area contributed by atoms with Crippen molar-refractivity contribution in [3.63, 3.8) is 0 Å². The molecular weight excluding hydrogens is 410 g/mol. The number of aliphatic imine (C=N–C) groups is 1. The average Bonchev–Trinajstić information content (AvgIpc) is 3.14. The minimum absolute atomic E-state index is 0.169. The van der Waals surface area contributed by atoms with Gasteiger partial charge in [0.1, 0.15) is 0 Å². The molecule has 188 valence electrons. The van der Waals surface area contributed by atoms with E-state index in [1.165, 1.54) is 76.5 Å². The van der Waals surface area contributed by atoms with Gasteiger partial charge in [-0.15, -0.1) is 6.58 Å². The molecule has 0 aromatic rings. The van der Waals surface area contributed by atoms with Crippen molar-refractivity contribution in [1.29, 1.82) is 0 Å². The highest BCUT2D eigenvalue weighted by Gasteiger charge is 2.46. The van der Waals surface area contributed by atoms with Crippen LogP contribution < -0.4 is 11.5 Å². The van der Waals surface area contributed by atoms with Crippen molar-refractivity contribution in [2.75, 3.05) is 26.2 Å². The summed E-state index contributed by atoms with van der Waals surface area (Å²) in [6, 6.07) is 0. The number of nitrogens with zero attached hydrogens (tertiary/aromatic N) is 3. The standard InChI is InChI=1S/C27H50N5O/c1-2-3-4-5-6-7-8-9-10-11-12-13-14-19-27(33)20-18-25-31(23-17-24-32(25)27)22-16-15-21-30-26(28)29/h2,18,20,33H,1,3-17,19,21-24H2,(H4,28,29,30)/q+1. The van der Waals surface area contributed by atoms with E-state index in [1.54, 1.807) is 0 Å². The summed E-state index contributed by atoms with van der Waals surface area (Å²) in [6.07, 6.45) is 25.8. The van der Waals surface area contributed by atoms with Crippen molar-refractivity contribution in [2.24, 2.45) is 16.5 Å². The van der Waals surface area contributed by atoms with E-state index in [-0.39, 0.29) is 5.96 Å². The van der Waals surface area contributed by atoms with E-state index in [4.69, 9.17) is 11.5 Å². The molecular formula is C27H50N5O+. The van der Waals surface area contributed by atoms with Crippen molar-refractivity contribution in [3.8, 4) is 0 Å². The maximum absolute atomic E-state index is 11.3. The second-order valence-corrected chi connectivity index (χ2v) is 9.79. The largest absolute Gasteiger partial charge is 0.370 e. The molecule has 0 aromatic carbocycles. The van der Waals surface area contributed by atoms with Crippen LogP contribution in [0.1, 0.15) is 103 Å². The molecule has 5 N–H and O–H groups in total. The molecule has 0 spiro atoms. The molecule has 0 radical (unpaired) electrons. The Hall–Kier alpha value is -1.82. The second-order valence-electron chi connectivity index (χ2n) is 9.79. The summed E-state index contributed by atoms with van der Waals surface area (Å²) in [5, 5.41) is 11.3. The van der Waals surface area contributed by atoms with E-state index in [2.05, 4.69) is 27.1 Å². The van der Waals surface area contributed by atoms with Gasteiger partial charge in [-0.05, 0) is 38.2 Å². The third-order valence-electron chi connectivity index (χ3n) is 6.96. The molecule has 0 saturated heterocycles. The molecule has 2 rings (SSSR count). The summed E-state index contributed by atoms with van der Waals surface area (Å²) in [6.45, 7) is 7.46. The van der Waals surface area contributed by atoms with Gasteiger partial charge in [0.05, 0.1) is 19.6 Å². The van der Waals surface area contributed by atoms with E-state index in [9.17, 15) is 5.11 Å². The molecule has 2 aliphatic heterocycles. The number of hydrogen-bond donors (Lipinski definition) is 3. The molecule has 0 amide bonds. The van der Waals surface area contributed by atoms with Crippen molar-refractivity contribution in [3.05, 3.63) is 24.8 Å². The lowest BCUT2D eigenvalue weighted by Crippen LogP contribution is -2.52. The van der Waals surface area contributed by atoms with Gasteiger partial charge in [-0.3, -0.25) is 9.57 Å². The lowest BCUT2D eigenvalue weighted by atomic mass is 10.0. The molecule has 0 aliphatic carbocycles. The van der Waals surface area contributed by atoms with Crippen LogP contribution in [0.25, 0.3) is 0 Å². The number of unbranched alkanes of at least 4 members (excludes halogenated alkanes) is 12. The first-order valence-electron chi connectivity index (χ1n) is 13.5. The molecule has 2 aliphatic rings. The summed E-state index contributed by atoms with van der Waals surface area (Å²) < 4.78 is 2.41. The van der Waals surface area contributed by atoms with Gasteiger partial charge in [-0.2, -0.15) is 0 Å². The molecule has 6 nitrogen and oxygen atoms in total. The SMILES string of the molecule is C=CCCCCCCCCCCCCCC1(O)C=CC2=[N+](CCCCN=C(N)N)CCCN21. The van der Waals surface area contributed by atoms with Crippen LogP contribution in [0.4, 0.5) is 0 Å². The molecule has 33 heavy (non-hydrogen) atoms. The van der Waals surface area contributed by atoms with Crippen LogP contribution in [0.3, 0.4) is 0 Å². The molecule has 0 fully saturated rings. The number of hydrogen-bond acceptors (Lipinski definition) is 3. The number of nitrogens with two attached hydrogens (primary N) is 2. The zero-order valence-corrected chi connectivity index (χ0v) is 21.0. The molecule has 0 aromatic heterocycles. The third-order valence-corrected chi connectivity index (χ3v) is 6.96. The number of amidine groups is 1. The molecule has 0 saturated carbocycles. The first-order chi connectivity index (χ1) is 16.1. The fraction of sp³-hybridized carbons (Fsp3) is 0.778. The third kappa shape index (κ3) is 10.3. The lowest BCUT2D eigenvalue weighted by Gasteiger charge is -2.32. The Labute approximate surface area is 202 Å². The topological polar surface area (TPSA) is 90.9 Å². The van der Waals surface area contributed by atoms with Gasteiger partial charge < -0.3 is 16.6 Å². The van der Waals surface area contributed by atoms with E-state index in [0.29, 0.717) is 6.54 Å². The van der Waals surface area contributed by atoms with Crippen LogP contribution in [0.15, 0.2) is 29.8 Å². The fourth-order valence-electron chi connectivity index (χ4n) is 5.04. The van der Waals surface area contributed by atoms with Crippen LogP contribution in [0, 0.1) is 0 Å². The van der Waals surface area contributed by atoms with Gasteiger partial charge in [0, 0.05) is 25.5 Å². The van der Waals surface area contributed by atoms with Crippen LogP contribution in [-0.2, 0) is 0 Å². The predicted molar refractivity (Wildman–Crippen MR) is 141 cm³/mol. The Morgan fingerprint density at radius 1 is 1.00 bits per heavy atom. The summed E-state index contributed by atoms with van der Waals surface area (Å²) in [5.41, 5.74) is 9.99. The summed E-state index contributed by atoms with van der Waals surface area (Å²) >= 11 is 0. The molecule has 1 unspecified atom stereocenters.